The molecular weight excluding hydrogens is 312 g/mol. The Balaban J connectivity index is 3.20. The van der Waals surface area contributed by atoms with Gasteiger partial charge in [-0.1, -0.05) is 103 Å². The minimum Gasteiger partial charge on any atom is -0.478 e. The standard InChI is InChI=1S/C22H40O3/c1-3-4-5-6-7-8-9-10-11-12-13-14-15-16-17-18-21(23)19-20(2)22(24)25/h2-19H2,1H3,(H,24,25). The lowest BCUT2D eigenvalue weighted by molar-refractivity contribution is -0.133. The second kappa shape index (κ2) is 17.7. The van der Waals surface area contributed by atoms with Crippen molar-refractivity contribution >= 4 is 11.8 Å². The van der Waals surface area contributed by atoms with Gasteiger partial charge in [-0.15, -0.1) is 0 Å². The first kappa shape index (κ1) is 23.9. The average Bonchev–Trinajstić information content (AvgIpc) is 2.58. The normalized spacial score (nSPS) is 10.8. The Kier molecular flexibility index (Phi) is 16.9. The van der Waals surface area contributed by atoms with Crippen LogP contribution in [0.5, 0.6) is 0 Å². The zero-order valence-corrected chi connectivity index (χ0v) is 16.5. The zero-order valence-electron chi connectivity index (χ0n) is 16.5. The van der Waals surface area contributed by atoms with Gasteiger partial charge in [0.15, 0.2) is 0 Å². The molecule has 0 aromatic rings. The Morgan fingerprint density at radius 3 is 1.40 bits per heavy atom. The number of Topliss-reactive ketones (excluding diaryl/α,β-unsaturated/α-hetero) is 1. The number of hydrogen-bond acceptors (Lipinski definition) is 2. The molecule has 0 aliphatic heterocycles. The van der Waals surface area contributed by atoms with Crippen molar-refractivity contribution in [2.75, 3.05) is 0 Å². The van der Waals surface area contributed by atoms with E-state index in [1.165, 1.54) is 83.5 Å². The van der Waals surface area contributed by atoms with E-state index in [1.54, 1.807) is 0 Å². The van der Waals surface area contributed by atoms with Crippen LogP contribution < -0.4 is 0 Å². The van der Waals surface area contributed by atoms with Gasteiger partial charge < -0.3 is 5.11 Å². The van der Waals surface area contributed by atoms with E-state index < -0.39 is 5.97 Å². The molecule has 25 heavy (non-hydrogen) atoms. The predicted molar refractivity (Wildman–Crippen MR) is 106 cm³/mol. The van der Waals surface area contributed by atoms with Gasteiger partial charge in [0.2, 0.25) is 0 Å². The van der Waals surface area contributed by atoms with E-state index in [9.17, 15) is 9.59 Å². The van der Waals surface area contributed by atoms with Crippen LogP contribution in [0.25, 0.3) is 0 Å². The summed E-state index contributed by atoms with van der Waals surface area (Å²) in [5.41, 5.74) is 0.00552. The van der Waals surface area contributed by atoms with Gasteiger partial charge >= 0.3 is 5.97 Å². The second-order valence-corrected chi connectivity index (χ2v) is 7.32. The number of ketones is 1. The quantitative estimate of drug-likeness (QED) is 0.204. The molecule has 0 saturated carbocycles. The number of carbonyl (C=O) groups excluding carboxylic acids is 1. The molecular formula is C22H40O3. The third-order valence-electron chi connectivity index (χ3n) is 4.77. The molecule has 0 spiro atoms. The Morgan fingerprint density at radius 1 is 0.680 bits per heavy atom. The number of rotatable bonds is 19. The number of carbonyl (C=O) groups is 2. The van der Waals surface area contributed by atoms with Gasteiger partial charge in [-0.05, 0) is 6.42 Å². The first-order chi connectivity index (χ1) is 12.1. The van der Waals surface area contributed by atoms with Gasteiger partial charge in [0.25, 0.3) is 0 Å². The summed E-state index contributed by atoms with van der Waals surface area (Å²) in [6, 6.07) is 0. The van der Waals surface area contributed by atoms with Crippen LogP contribution in [0.1, 0.15) is 116 Å². The molecule has 146 valence electrons. The van der Waals surface area contributed by atoms with Crippen molar-refractivity contribution < 1.29 is 14.7 Å². The van der Waals surface area contributed by atoms with E-state index in [-0.39, 0.29) is 17.8 Å². The van der Waals surface area contributed by atoms with Gasteiger partial charge in [-0.3, -0.25) is 4.79 Å². The maximum Gasteiger partial charge on any atom is 0.331 e. The fourth-order valence-corrected chi connectivity index (χ4v) is 3.10. The second-order valence-electron chi connectivity index (χ2n) is 7.32. The van der Waals surface area contributed by atoms with Crippen LogP contribution in [-0.2, 0) is 9.59 Å². The van der Waals surface area contributed by atoms with E-state index in [0.717, 1.165) is 12.8 Å². The highest BCUT2D eigenvalue weighted by atomic mass is 16.4. The zero-order chi connectivity index (χ0) is 18.8. The van der Waals surface area contributed by atoms with Crippen molar-refractivity contribution in [2.24, 2.45) is 0 Å². The van der Waals surface area contributed by atoms with Crippen LogP contribution in [0.15, 0.2) is 12.2 Å². The number of carboxylic acid groups (broad SMARTS) is 1. The van der Waals surface area contributed by atoms with E-state index >= 15 is 0 Å². The molecule has 0 fully saturated rings. The average molecular weight is 353 g/mol. The molecule has 0 saturated heterocycles. The Labute approximate surface area is 155 Å². The van der Waals surface area contributed by atoms with Crippen molar-refractivity contribution in [1.29, 1.82) is 0 Å². The number of carboxylic acids is 1. The smallest absolute Gasteiger partial charge is 0.331 e. The summed E-state index contributed by atoms with van der Waals surface area (Å²) >= 11 is 0. The van der Waals surface area contributed by atoms with E-state index in [1.807, 2.05) is 0 Å². The Morgan fingerprint density at radius 2 is 1.04 bits per heavy atom. The van der Waals surface area contributed by atoms with Crippen molar-refractivity contribution in [3.8, 4) is 0 Å². The summed E-state index contributed by atoms with van der Waals surface area (Å²) in [4.78, 5) is 22.2. The molecule has 3 nitrogen and oxygen atoms in total. The summed E-state index contributed by atoms with van der Waals surface area (Å²) < 4.78 is 0. The monoisotopic (exact) mass is 352 g/mol. The molecule has 0 radical (unpaired) electrons. The molecule has 0 aliphatic carbocycles. The third-order valence-corrected chi connectivity index (χ3v) is 4.77. The minimum absolute atomic E-state index is 0.00194. The molecule has 0 aliphatic rings. The lowest BCUT2D eigenvalue weighted by Crippen LogP contribution is -2.06. The lowest BCUT2D eigenvalue weighted by atomic mass is 10.0. The van der Waals surface area contributed by atoms with Gasteiger partial charge in [0.1, 0.15) is 5.78 Å². The first-order valence-electron chi connectivity index (χ1n) is 10.5. The van der Waals surface area contributed by atoms with Gasteiger partial charge in [0, 0.05) is 18.4 Å². The van der Waals surface area contributed by atoms with Gasteiger partial charge in [0.05, 0.1) is 0 Å². The summed E-state index contributed by atoms with van der Waals surface area (Å²) in [7, 11) is 0. The fourth-order valence-electron chi connectivity index (χ4n) is 3.10. The summed E-state index contributed by atoms with van der Waals surface area (Å²) in [5, 5.41) is 8.68. The maximum absolute atomic E-state index is 11.6. The van der Waals surface area contributed by atoms with Crippen LogP contribution in [0.3, 0.4) is 0 Å². The Bertz CT molecular complexity index is 360. The third kappa shape index (κ3) is 17.5. The highest BCUT2D eigenvalue weighted by Crippen LogP contribution is 2.14. The van der Waals surface area contributed by atoms with Crippen molar-refractivity contribution in [2.45, 2.75) is 116 Å². The van der Waals surface area contributed by atoms with E-state index in [2.05, 4.69) is 13.5 Å². The molecule has 0 aromatic heterocycles. The molecule has 0 rings (SSSR count). The van der Waals surface area contributed by atoms with Crippen LogP contribution in [-0.4, -0.2) is 16.9 Å². The first-order valence-corrected chi connectivity index (χ1v) is 10.5. The van der Waals surface area contributed by atoms with E-state index in [0.29, 0.717) is 6.42 Å². The molecule has 0 aromatic carbocycles. The fraction of sp³-hybridized carbons (Fsp3) is 0.818. The highest BCUT2D eigenvalue weighted by molar-refractivity contribution is 5.94. The van der Waals surface area contributed by atoms with E-state index in [4.69, 9.17) is 5.11 Å². The molecule has 0 heterocycles. The van der Waals surface area contributed by atoms with Crippen LogP contribution in [0.2, 0.25) is 0 Å². The molecule has 0 atom stereocenters. The number of hydrogen-bond donors (Lipinski definition) is 1. The largest absolute Gasteiger partial charge is 0.478 e. The number of unbranched alkanes of at least 4 members (excludes halogenated alkanes) is 14. The van der Waals surface area contributed by atoms with Gasteiger partial charge in [-0.25, -0.2) is 4.79 Å². The highest BCUT2D eigenvalue weighted by Gasteiger charge is 2.09. The van der Waals surface area contributed by atoms with Crippen LogP contribution in [0.4, 0.5) is 0 Å². The molecule has 3 heteroatoms. The molecule has 0 unspecified atom stereocenters. The topological polar surface area (TPSA) is 54.4 Å². The summed E-state index contributed by atoms with van der Waals surface area (Å²) in [6.45, 7) is 5.66. The van der Waals surface area contributed by atoms with Crippen molar-refractivity contribution in [3.63, 3.8) is 0 Å². The maximum atomic E-state index is 11.6. The SMILES string of the molecule is C=C(CC(=O)CCCCCCCCCCCCCCCCC)C(=O)O. The van der Waals surface area contributed by atoms with Crippen molar-refractivity contribution in [3.05, 3.63) is 12.2 Å². The van der Waals surface area contributed by atoms with Crippen LogP contribution >= 0.6 is 0 Å². The Hall–Kier alpha value is -1.12. The molecule has 1 N–H and O–H groups in total. The minimum atomic E-state index is -1.06. The molecule has 0 bridgehead atoms. The van der Waals surface area contributed by atoms with Crippen LogP contribution in [0, 0.1) is 0 Å². The lowest BCUT2D eigenvalue weighted by Gasteiger charge is -2.04. The summed E-state index contributed by atoms with van der Waals surface area (Å²) in [6.07, 6.45) is 20.1. The predicted octanol–water partition coefficient (Wildman–Crippen LogP) is 6.85. The van der Waals surface area contributed by atoms with Gasteiger partial charge in [-0.2, -0.15) is 0 Å². The molecule has 0 amide bonds. The van der Waals surface area contributed by atoms with Crippen molar-refractivity contribution in [1.82, 2.24) is 0 Å². The summed E-state index contributed by atoms with van der Waals surface area (Å²) in [5.74, 6) is -1.06. The number of aliphatic carboxylic acids is 1.